The fourth-order valence-corrected chi connectivity index (χ4v) is 1.66. The molecule has 5 nitrogen and oxygen atoms in total. The average molecular weight is 280 g/mol. The van der Waals surface area contributed by atoms with Crippen LogP contribution in [-0.4, -0.2) is 39.8 Å². The Morgan fingerprint density at radius 3 is 2.60 bits per heavy atom. The smallest absolute Gasteiger partial charge is 0.220 e. The molecule has 5 heteroatoms. The topological polar surface area (TPSA) is 59.6 Å². The number of hydrogen-bond donors (Lipinski definition) is 2. The lowest BCUT2D eigenvalue weighted by Gasteiger charge is -2.08. The van der Waals surface area contributed by atoms with E-state index in [0.29, 0.717) is 26.2 Å². The van der Waals surface area contributed by atoms with E-state index in [1.54, 1.807) is 7.11 Å². The maximum Gasteiger partial charge on any atom is 0.220 e. The number of ether oxygens (including phenoxy) is 2. The molecular weight excluding hydrogens is 256 g/mol. The van der Waals surface area contributed by atoms with Gasteiger partial charge < -0.3 is 20.1 Å². The van der Waals surface area contributed by atoms with E-state index >= 15 is 0 Å². The van der Waals surface area contributed by atoms with E-state index in [1.807, 2.05) is 31.3 Å². The Labute approximate surface area is 120 Å². The summed E-state index contributed by atoms with van der Waals surface area (Å²) in [5, 5.41) is 5.92. The highest BCUT2D eigenvalue weighted by Crippen LogP contribution is 2.12. The summed E-state index contributed by atoms with van der Waals surface area (Å²) in [6, 6.07) is 7.71. The average Bonchev–Trinajstić information content (AvgIpc) is 2.47. The van der Waals surface area contributed by atoms with Gasteiger partial charge in [0.25, 0.3) is 0 Å². The van der Waals surface area contributed by atoms with Gasteiger partial charge in [-0.2, -0.15) is 0 Å². The van der Waals surface area contributed by atoms with Crippen molar-refractivity contribution in [3.8, 4) is 5.75 Å². The summed E-state index contributed by atoms with van der Waals surface area (Å²) >= 11 is 0. The van der Waals surface area contributed by atoms with Crippen LogP contribution in [0.5, 0.6) is 5.75 Å². The monoisotopic (exact) mass is 280 g/mol. The fourth-order valence-electron chi connectivity index (χ4n) is 1.66. The maximum absolute atomic E-state index is 11.6. The lowest BCUT2D eigenvalue weighted by Crippen LogP contribution is -2.23. The molecule has 2 N–H and O–H groups in total. The van der Waals surface area contributed by atoms with Crippen molar-refractivity contribution in [1.29, 1.82) is 0 Å². The molecule has 0 aliphatic rings. The maximum atomic E-state index is 11.6. The van der Waals surface area contributed by atoms with Gasteiger partial charge in [0.05, 0.1) is 6.61 Å². The zero-order valence-corrected chi connectivity index (χ0v) is 12.3. The van der Waals surface area contributed by atoms with Gasteiger partial charge in [-0.15, -0.1) is 0 Å². The molecular formula is C15H24N2O3. The summed E-state index contributed by atoms with van der Waals surface area (Å²) in [6.07, 6.45) is 1.41. The van der Waals surface area contributed by atoms with Crippen LogP contribution in [0.2, 0.25) is 0 Å². The van der Waals surface area contributed by atoms with Gasteiger partial charge in [-0.05, 0) is 37.7 Å². The van der Waals surface area contributed by atoms with Gasteiger partial charge in [0.1, 0.15) is 12.4 Å². The van der Waals surface area contributed by atoms with Crippen molar-refractivity contribution in [2.24, 2.45) is 0 Å². The zero-order valence-electron chi connectivity index (χ0n) is 12.3. The number of benzene rings is 1. The van der Waals surface area contributed by atoms with Crippen LogP contribution in [0.1, 0.15) is 18.4 Å². The highest BCUT2D eigenvalue weighted by Gasteiger charge is 2.01. The minimum absolute atomic E-state index is 0.0840. The van der Waals surface area contributed by atoms with Gasteiger partial charge in [0.15, 0.2) is 0 Å². The number of amides is 1. The molecule has 0 bridgehead atoms. The van der Waals surface area contributed by atoms with Gasteiger partial charge in [-0.1, -0.05) is 12.1 Å². The number of nitrogens with one attached hydrogen (secondary N) is 2. The second kappa shape index (κ2) is 10.2. The Kier molecular flexibility index (Phi) is 8.42. The Morgan fingerprint density at radius 2 is 1.95 bits per heavy atom. The minimum Gasteiger partial charge on any atom is -0.491 e. The van der Waals surface area contributed by atoms with Gasteiger partial charge >= 0.3 is 0 Å². The van der Waals surface area contributed by atoms with Crippen molar-refractivity contribution in [2.75, 3.05) is 33.9 Å². The highest BCUT2D eigenvalue weighted by molar-refractivity contribution is 5.75. The molecule has 1 aromatic rings. The van der Waals surface area contributed by atoms with Crippen LogP contribution in [0.15, 0.2) is 24.3 Å². The second-order valence-corrected chi connectivity index (χ2v) is 4.47. The Hall–Kier alpha value is -1.59. The Balaban J connectivity index is 2.25. The van der Waals surface area contributed by atoms with Crippen LogP contribution in [0.3, 0.4) is 0 Å². The van der Waals surface area contributed by atoms with Crippen LogP contribution in [-0.2, 0) is 16.1 Å². The van der Waals surface area contributed by atoms with Crippen molar-refractivity contribution in [3.63, 3.8) is 0 Å². The van der Waals surface area contributed by atoms with Crippen molar-refractivity contribution < 1.29 is 14.3 Å². The number of carbonyl (C=O) groups excluding carboxylic acids is 1. The van der Waals surface area contributed by atoms with Crippen LogP contribution >= 0.6 is 0 Å². The number of hydrogen-bond acceptors (Lipinski definition) is 4. The largest absolute Gasteiger partial charge is 0.491 e. The molecule has 20 heavy (non-hydrogen) atoms. The van der Waals surface area contributed by atoms with E-state index in [-0.39, 0.29) is 5.91 Å². The summed E-state index contributed by atoms with van der Waals surface area (Å²) in [5.41, 5.74) is 1.06. The molecule has 0 aliphatic heterocycles. The van der Waals surface area contributed by atoms with Crippen LogP contribution in [0, 0.1) is 0 Å². The standard InChI is InChI=1S/C15H24N2O3/c1-16-9-3-4-15(18)17-12-13-5-7-14(8-6-13)20-11-10-19-2/h5-8,16H,3-4,9-12H2,1-2H3,(H,17,18). The lowest BCUT2D eigenvalue weighted by atomic mass is 10.2. The van der Waals surface area contributed by atoms with Crippen LogP contribution in [0.25, 0.3) is 0 Å². The Bertz CT molecular complexity index is 379. The number of methoxy groups -OCH3 is 1. The first kappa shape index (κ1) is 16.5. The van der Waals surface area contributed by atoms with Crippen molar-refractivity contribution in [1.82, 2.24) is 10.6 Å². The SMILES string of the molecule is CNCCCC(=O)NCc1ccc(OCCOC)cc1. The molecule has 0 saturated heterocycles. The van der Waals surface area contributed by atoms with Crippen molar-refractivity contribution >= 4 is 5.91 Å². The quantitative estimate of drug-likeness (QED) is 0.635. The first-order chi connectivity index (χ1) is 9.76. The Morgan fingerprint density at radius 1 is 1.20 bits per heavy atom. The summed E-state index contributed by atoms with van der Waals surface area (Å²) in [7, 11) is 3.53. The summed E-state index contributed by atoms with van der Waals surface area (Å²) < 4.78 is 10.4. The summed E-state index contributed by atoms with van der Waals surface area (Å²) in [5.74, 6) is 0.895. The molecule has 1 amide bonds. The van der Waals surface area contributed by atoms with Crippen LogP contribution in [0.4, 0.5) is 0 Å². The van der Waals surface area contributed by atoms with Gasteiger partial charge in [0.2, 0.25) is 5.91 Å². The molecule has 1 rings (SSSR count). The molecule has 0 aliphatic carbocycles. The third-order valence-corrected chi connectivity index (χ3v) is 2.80. The van der Waals surface area contributed by atoms with Crippen molar-refractivity contribution in [3.05, 3.63) is 29.8 Å². The summed E-state index contributed by atoms with van der Waals surface area (Å²) in [4.78, 5) is 11.6. The van der Waals surface area contributed by atoms with E-state index in [0.717, 1.165) is 24.3 Å². The van der Waals surface area contributed by atoms with Gasteiger partial charge in [-0.3, -0.25) is 4.79 Å². The van der Waals surface area contributed by atoms with E-state index in [9.17, 15) is 4.79 Å². The third kappa shape index (κ3) is 7.11. The zero-order chi connectivity index (χ0) is 14.6. The van der Waals surface area contributed by atoms with E-state index in [2.05, 4.69) is 10.6 Å². The minimum atomic E-state index is 0.0840. The molecule has 0 aromatic heterocycles. The normalized spacial score (nSPS) is 10.3. The van der Waals surface area contributed by atoms with Gasteiger partial charge in [-0.25, -0.2) is 0 Å². The number of rotatable bonds is 10. The molecule has 112 valence electrons. The first-order valence-electron chi connectivity index (χ1n) is 6.88. The summed E-state index contributed by atoms with van der Waals surface area (Å²) in [6.45, 7) is 2.53. The van der Waals surface area contributed by atoms with E-state index in [4.69, 9.17) is 9.47 Å². The van der Waals surface area contributed by atoms with E-state index < -0.39 is 0 Å². The van der Waals surface area contributed by atoms with Crippen LogP contribution < -0.4 is 15.4 Å². The fraction of sp³-hybridized carbons (Fsp3) is 0.533. The molecule has 0 radical (unpaired) electrons. The third-order valence-electron chi connectivity index (χ3n) is 2.80. The molecule has 0 spiro atoms. The van der Waals surface area contributed by atoms with Gasteiger partial charge in [0, 0.05) is 20.1 Å². The lowest BCUT2D eigenvalue weighted by molar-refractivity contribution is -0.121. The highest BCUT2D eigenvalue weighted by atomic mass is 16.5. The predicted octanol–water partition coefficient (Wildman–Crippen LogP) is 1.33. The molecule has 0 unspecified atom stereocenters. The van der Waals surface area contributed by atoms with Crippen molar-refractivity contribution in [2.45, 2.75) is 19.4 Å². The van der Waals surface area contributed by atoms with E-state index in [1.165, 1.54) is 0 Å². The number of carbonyl (C=O) groups is 1. The first-order valence-corrected chi connectivity index (χ1v) is 6.88. The molecule has 0 fully saturated rings. The molecule has 0 heterocycles. The molecule has 1 aromatic carbocycles. The second-order valence-electron chi connectivity index (χ2n) is 4.47. The molecule has 0 saturated carbocycles. The predicted molar refractivity (Wildman–Crippen MR) is 78.8 cm³/mol. The molecule has 0 atom stereocenters.